The van der Waals surface area contributed by atoms with Gasteiger partial charge in [0.25, 0.3) is 0 Å². The number of hydrogen-bond donors (Lipinski definition) is 0. The van der Waals surface area contributed by atoms with Crippen molar-refractivity contribution < 1.29 is 23.5 Å². The Hall–Kier alpha value is -4.17. The second-order valence-electron chi connectivity index (χ2n) is 8.14. The van der Waals surface area contributed by atoms with Crippen LogP contribution in [0.4, 0.5) is 0 Å². The zero-order valence-electron chi connectivity index (χ0n) is 20.4. The number of aromatic nitrogens is 2. The van der Waals surface area contributed by atoms with E-state index in [1.165, 1.54) is 0 Å². The van der Waals surface area contributed by atoms with E-state index in [1.54, 1.807) is 25.2 Å². The summed E-state index contributed by atoms with van der Waals surface area (Å²) < 4.78 is 21.8. The van der Waals surface area contributed by atoms with Gasteiger partial charge in [0.2, 0.25) is 17.6 Å². The zero-order valence-corrected chi connectivity index (χ0v) is 20.4. The van der Waals surface area contributed by atoms with Crippen LogP contribution in [0.1, 0.15) is 17.0 Å². The summed E-state index contributed by atoms with van der Waals surface area (Å²) in [6.45, 7) is 1.23. The fraction of sp³-hybridized carbons (Fsp3) is 0.250. The highest BCUT2D eigenvalue weighted by Gasteiger charge is 2.17. The van der Waals surface area contributed by atoms with E-state index >= 15 is 0 Å². The van der Waals surface area contributed by atoms with Gasteiger partial charge in [0, 0.05) is 31.1 Å². The zero-order chi connectivity index (χ0) is 25.2. The molecule has 0 atom stereocenters. The average Bonchev–Trinajstić information content (AvgIpc) is 3.41. The standard InChI is InChI=1S/C28H29N3O5/c1-33-24-15-23(16-25(17-24)34-2)28-29-26(36-30-28)13-14-31(18-21-9-5-3-6-10-21)27(32)20-35-19-22-11-7-4-8-12-22/h3-12,15-17H,13-14,18-20H2,1-2H3. The number of amides is 1. The Morgan fingerprint density at radius 1 is 0.889 bits per heavy atom. The third-order valence-electron chi connectivity index (χ3n) is 5.58. The van der Waals surface area contributed by atoms with Crippen LogP contribution in [0, 0.1) is 0 Å². The highest BCUT2D eigenvalue weighted by molar-refractivity contribution is 5.77. The fourth-order valence-electron chi connectivity index (χ4n) is 3.66. The van der Waals surface area contributed by atoms with Crippen LogP contribution in [-0.2, 0) is 29.1 Å². The van der Waals surface area contributed by atoms with Crippen molar-refractivity contribution in [1.29, 1.82) is 0 Å². The molecule has 8 heteroatoms. The van der Waals surface area contributed by atoms with Crippen molar-refractivity contribution in [2.24, 2.45) is 0 Å². The molecule has 0 radical (unpaired) electrons. The number of hydrogen-bond acceptors (Lipinski definition) is 7. The van der Waals surface area contributed by atoms with E-state index in [0.29, 0.717) is 54.9 Å². The van der Waals surface area contributed by atoms with E-state index in [2.05, 4.69) is 10.1 Å². The van der Waals surface area contributed by atoms with Gasteiger partial charge in [0.05, 0.1) is 20.8 Å². The van der Waals surface area contributed by atoms with E-state index in [9.17, 15) is 4.79 Å². The lowest BCUT2D eigenvalue weighted by Crippen LogP contribution is -2.35. The maximum absolute atomic E-state index is 13.0. The predicted molar refractivity (Wildman–Crippen MR) is 134 cm³/mol. The van der Waals surface area contributed by atoms with Crippen molar-refractivity contribution in [1.82, 2.24) is 15.0 Å². The Morgan fingerprint density at radius 2 is 1.53 bits per heavy atom. The summed E-state index contributed by atoms with van der Waals surface area (Å²) in [6.07, 6.45) is 0.408. The van der Waals surface area contributed by atoms with E-state index < -0.39 is 0 Å². The van der Waals surface area contributed by atoms with Gasteiger partial charge in [-0.2, -0.15) is 4.98 Å². The van der Waals surface area contributed by atoms with Gasteiger partial charge in [0.1, 0.15) is 18.1 Å². The number of nitrogens with zero attached hydrogens (tertiary/aromatic N) is 3. The number of benzene rings is 3. The highest BCUT2D eigenvalue weighted by atomic mass is 16.5. The second kappa shape index (κ2) is 12.5. The molecular weight excluding hydrogens is 458 g/mol. The molecule has 0 unspecified atom stereocenters. The lowest BCUT2D eigenvalue weighted by molar-refractivity contribution is -0.137. The first kappa shape index (κ1) is 24.9. The molecule has 0 bridgehead atoms. The highest BCUT2D eigenvalue weighted by Crippen LogP contribution is 2.28. The molecule has 186 valence electrons. The maximum Gasteiger partial charge on any atom is 0.248 e. The molecule has 0 spiro atoms. The Labute approximate surface area is 210 Å². The molecule has 0 aliphatic heterocycles. The molecular formula is C28H29N3O5. The first-order valence-electron chi connectivity index (χ1n) is 11.6. The topological polar surface area (TPSA) is 86.9 Å². The molecule has 8 nitrogen and oxygen atoms in total. The Kier molecular flexibility index (Phi) is 8.67. The molecule has 4 rings (SSSR count). The van der Waals surface area contributed by atoms with Crippen LogP contribution >= 0.6 is 0 Å². The minimum absolute atomic E-state index is 0.0135. The van der Waals surface area contributed by atoms with Crippen molar-refractivity contribution in [2.75, 3.05) is 27.4 Å². The smallest absolute Gasteiger partial charge is 0.248 e. The van der Waals surface area contributed by atoms with E-state index in [0.717, 1.165) is 11.1 Å². The minimum Gasteiger partial charge on any atom is -0.497 e. The molecule has 1 heterocycles. The van der Waals surface area contributed by atoms with E-state index in [-0.39, 0.29) is 12.5 Å². The Bertz CT molecular complexity index is 1220. The summed E-state index contributed by atoms with van der Waals surface area (Å²) in [4.78, 5) is 19.3. The van der Waals surface area contributed by atoms with Gasteiger partial charge >= 0.3 is 0 Å². The molecule has 1 amide bonds. The summed E-state index contributed by atoms with van der Waals surface area (Å²) >= 11 is 0. The van der Waals surface area contributed by atoms with Crippen molar-refractivity contribution in [2.45, 2.75) is 19.6 Å². The van der Waals surface area contributed by atoms with Crippen LogP contribution in [0.3, 0.4) is 0 Å². The van der Waals surface area contributed by atoms with Crippen LogP contribution in [-0.4, -0.2) is 48.3 Å². The number of carbonyl (C=O) groups is 1. The predicted octanol–water partition coefficient (Wildman–Crippen LogP) is 4.54. The van der Waals surface area contributed by atoms with E-state index in [1.807, 2.05) is 72.8 Å². The van der Waals surface area contributed by atoms with Crippen molar-refractivity contribution >= 4 is 5.91 Å². The number of rotatable bonds is 12. The van der Waals surface area contributed by atoms with Gasteiger partial charge in [0.15, 0.2) is 0 Å². The van der Waals surface area contributed by atoms with Crippen molar-refractivity contribution in [3.8, 4) is 22.9 Å². The molecule has 0 aliphatic rings. The third-order valence-corrected chi connectivity index (χ3v) is 5.58. The lowest BCUT2D eigenvalue weighted by atomic mass is 10.2. The summed E-state index contributed by atoms with van der Waals surface area (Å²) in [6, 6.07) is 25.0. The first-order valence-corrected chi connectivity index (χ1v) is 11.6. The van der Waals surface area contributed by atoms with Crippen molar-refractivity contribution in [3.63, 3.8) is 0 Å². The van der Waals surface area contributed by atoms with Gasteiger partial charge in [-0.1, -0.05) is 65.8 Å². The summed E-state index contributed by atoms with van der Waals surface area (Å²) in [5, 5.41) is 4.10. The van der Waals surface area contributed by atoms with Crippen molar-refractivity contribution in [3.05, 3.63) is 95.9 Å². The lowest BCUT2D eigenvalue weighted by Gasteiger charge is -2.22. The van der Waals surface area contributed by atoms with Gasteiger partial charge < -0.3 is 23.6 Å². The number of methoxy groups -OCH3 is 2. The van der Waals surface area contributed by atoms with Gasteiger partial charge in [-0.05, 0) is 23.3 Å². The summed E-state index contributed by atoms with van der Waals surface area (Å²) in [5.41, 5.74) is 2.77. The molecule has 0 aliphatic carbocycles. The first-order chi connectivity index (χ1) is 17.6. The van der Waals surface area contributed by atoms with Crippen LogP contribution in [0.2, 0.25) is 0 Å². The van der Waals surface area contributed by atoms with Crippen LogP contribution in [0.25, 0.3) is 11.4 Å². The molecule has 0 N–H and O–H groups in total. The average molecular weight is 488 g/mol. The molecule has 36 heavy (non-hydrogen) atoms. The maximum atomic E-state index is 13.0. The molecule has 3 aromatic carbocycles. The molecule has 0 saturated heterocycles. The van der Waals surface area contributed by atoms with Crippen LogP contribution in [0.5, 0.6) is 11.5 Å². The number of ether oxygens (including phenoxy) is 3. The van der Waals surface area contributed by atoms with Gasteiger partial charge in [-0.15, -0.1) is 0 Å². The Balaban J connectivity index is 1.41. The summed E-state index contributed by atoms with van der Waals surface area (Å²) in [7, 11) is 3.17. The molecule has 4 aromatic rings. The second-order valence-corrected chi connectivity index (χ2v) is 8.14. The molecule has 0 fully saturated rings. The molecule has 0 saturated carbocycles. The largest absolute Gasteiger partial charge is 0.497 e. The SMILES string of the molecule is COc1cc(OC)cc(-c2noc(CCN(Cc3ccccc3)C(=O)COCc3ccccc3)n2)c1. The van der Waals surface area contributed by atoms with Crippen LogP contribution < -0.4 is 9.47 Å². The molecule has 1 aromatic heterocycles. The third kappa shape index (κ3) is 6.93. The van der Waals surface area contributed by atoms with Gasteiger partial charge in [-0.3, -0.25) is 4.79 Å². The number of carbonyl (C=O) groups excluding carboxylic acids is 1. The Morgan fingerprint density at radius 3 is 2.17 bits per heavy atom. The van der Waals surface area contributed by atoms with Gasteiger partial charge in [-0.25, -0.2) is 0 Å². The normalized spacial score (nSPS) is 10.7. The minimum atomic E-state index is -0.105. The van der Waals surface area contributed by atoms with Crippen LogP contribution in [0.15, 0.2) is 83.4 Å². The quantitative estimate of drug-likeness (QED) is 0.290. The monoisotopic (exact) mass is 487 g/mol. The summed E-state index contributed by atoms with van der Waals surface area (Å²) in [5.74, 6) is 2.01. The van der Waals surface area contributed by atoms with E-state index in [4.69, 9.17) is 18.7 Å². The fourth-order valence-corrected chi connectivity index (χ4v) is 3.66.